The quantitative estimate of drug-likeness (QED) is 0.661. The number of phenolic OH excluding ortho intramolecular Hbond substituents is 2. The van der Waals surface area contributed by atoms with Gasteiger partial charge in [0.05, 0.1) is 9.79 Å². The Balaban J connectivity index is 2.49. The van der Waals surface area contributed by atoms with Crippen LogP contribution in [0, 0.1) is 0 Å². The molecule has 0 heterocycles. The second-order valence-corrected chi connectivity index (χ2v) is 5.58. The molecule has 5 heteroatoms. The summed E-state index contributed by atoms with van der Waals surface area (Å²) in [6.07, 6.45) is 0. The van der Waals surface area contributed by atoms with Crippen molar-refractivity contribution in [3.8, 4) is 11.5 Å². The van der Waals surface area contributed by atoms with Gasteiger partial charge in [-0.15, -0.1) is 10.6 Å². The van der Waals surface area contributed by atoms with Gasteiger partial charge in [-0.2, -0.15) is 0 Å². The van der Waals surface area contributed by atoms with Gasteiger partial charge in [0, 0.05) is 12.1 Å². The second kappa shape index (κ2) is 4.29. The summed E-state index contributed by atoms with van der Waals surface area (Å²) < 4.78 is 20.2. The summed E-state index contributed by atoms with van der Waals surface area (Å²) >= 11 is 0. The number of hydrogen-bond acceptors (Lipinski definition) is 4. The summed E-state index contributed by atoms with van der Waals surface area (Å²) in [7, 11) is -3.20. The van der Waals surface area contributed by atoms with E-state index in [1.54, 1.807) is 0 Å². The molecule has 0 saturated heterocycles. The predicted molar refractivity (Wildman–Crippen MR) is 65.6 cm³/mol. The molecule has 0 bridgehead atoms. The molecule has 0 radical (unpaired) electrons. The van der Waals surface area contributed by atoms with Crippen molar-refractivity contribution in [3.63, 3.8) is 0 Å². The molecule has 2 aromatic carbocycles. The molecule has 4 N–H and O–H groups in total. The lowest BCUT2D eigenvalue weighted by Gasteiger charge is -2.32. The van der Waals surface area contributed by atoms with Crippen LogP contribution in [0.2, 0.25) is 0 Å². The van der Waals surface area contributed by atoms with Crippen LogP contribution in [0.5, 0.6) is 11.5 Å². The summed E-state index contributed by atoms with van der Waals surface area (Å²) in [5.74, 6) is -0.0785. The highest BCUT2D eigenvalue weighted by Gasteiger charge is 2.19. The molecule has 4 nitrogen and oxygen atoms in total. The van der Waals surface area contributed by atoms with Crippen molar-refractivity contribution >= 4 is 10.6 Å². The van der Waals surface area contributed by atoms with E-state index < -0.39 is 10.6 Å². The Morgan fingerprint density at radius 2 is 1.12 bits per heavy atom. The Labute approximate surface area is 100 Å². The minimum absolute atomic E-state index is 0.0392. The molecular weight excluding hydrogens is 240 g/mol. The minimum atomic E-state index is -3.20. The Bertz CT molecular complexity index is 492. The van der Waals surface area contributed by atoms with Crippen LogP contribution in [-0.4, -0.2) is 19.3 Å². The van der Waals surface area contributed by atoms with Crippen LogP contribution in [0.3, 0.4) is 0 Å². The smallest absolute Gasteiger partial charge is 0.117 e. The Morgan fingerprint density at radius 3 is 1.47 bits per heavy atom. The van der Waals surface area contributed by atoms with Crippen LogP contribution in [0.1, 0.15) is 0 Å². The van der Waals surface area contributed by atoms with Gasteiger partial charge in [-0.1, -0.05) is 12.1 Å². The van der Waals surface area contributed by atoms with E-state index in [1.807, 2.05) is 0 Å². The van der Waals surface area contributed by atoms with Gasteiger partial charge in [-0.3, -0.25) is 9.11 Å². The molecule has 0 aliphatic rings. The standard InChI is InChI=1S/C12H12O4S/c13-9-3-1-5-11(7-9)17(15,16)12-6-2-4-10(14)8-12/h1-8,13-16H. The van der Waals surface area contributed by atoms with Crippen molar-refractivity contribution in [2.45, 2.75) is 9.79 Å². The van der Waals surface area contributed by atoms with Crippen LogP contribution in [0.4, 0.5) is 0 Å². The maximum atomic E-state index is 10.1. The fourth-order valence-electron chi connectivity index (χ4n) is 1.46. The maximum Gasteiger partial charge on any atom is 0.117 e. The Kier molecular flexibility index (Phi) is 2.97. The summed E-state index contributed by atoms with van der Waals surface area (Å²) in [4.78, 5) is 0.422. The molecule has 17 heavy (non-hydrogen) atoms. The topological polar surface area (TPSA) is 80.9 Å². The first-order valence-corrected chi connectivity index (χ1v) is 6.41. The number of hydrogen-bond donors (Lipinski definition) is 4. The molecule has 90 valence electrons. The third kappa shape index (κ3) is 2.36. The van der Waals surface area contributed by atoms with Crippen molar-refractivity contribution in [3.05, 3.63) is 48.5 Å². The van der Waals surface area contributed by atoms with Crippen LogP contribution in [0.15, 0.2) is 58.3 Å². The number of benzene rings is 2. The first kappa shape index (κ1) is 11.8. The van der Waals surface area contributed by atoms with Gasteiger partial charge in [0.2, 0.25) is 0 Å². The van der Waals surface area contributed by atoms with E-state index in [0.717, 1.165) is 0 Å². The Morgan fingerprint density at radius 1 is 0.706 bits per heavy atom. The van der Waals surface area contributed by atoms with E-state index in [4.69, 9.17) is 0 Å². The van der Waals surface area contributed by atoms with Crippen molar-refractivity contribution in [2.75, 3.05) is 0 Å². The fraction of sp³-hybridized carbons (Fsp3) is 0. The van der Waals surface area contributed by atoms with Gasteiger partial charge in [-0.25, -0.2) is 0 Å². The van der Waals surface area contributed by atoms with E-state index in [9.17, 15) is 19.3 Å². The molecule has 0 fully saturated rings. The van der Waals surface area contributed by atoms with E-state index >= 15 is 0 Å². The molecule has 2 aromatic rings. The first-order valence-electron chi connectivity index (χ1n) is 4.86. The molecule has 0 amide bonds. The first-order chi connectivity index (χ1) is 8.00. The monoisotopic (exact) mass is 252 g/mol. The summed E-state index contributed by atoms with van der Waals surface area (Å²) in [6, 6.07) is 11.6. The van der Waals surface area contributed by atoms with Crippen LogP contribution >= 0.6 is 10.6 Å². The van der Waals surface area contributed by atoms with Crippen molar-refractivity contribution in [1.82, 2.24) is 0 Å². The highest BCUT2D eigenvalue weighted by atomic mass is 32.3. The zero-order valence-corrected chi connectivity index (χ0v) is 9.63. The lowest BCUT2D eigenvalue weighted by atomic mass is 10.3. The summed E-state index contributed by atoms with van der Waals surface area (Å²) in [5.41, 5.74) is 0. The fourth-order valence-corrected chi connectivity index (χ4v) is 2.84. The third-order valence-corrected chi connectivity index (χ3v) is 4.12. The number of aromatic hydroxyl groups is 2. The number of phenols is 2. The average Bonchev–Trinajstić information content (AvgIpc) is 2.29. The van der Waals surface area contributed by atoms with E-state index in [0.29, 0.717) is 0 Å². The predicted octanol–water partition coefficient (Wildman–Crippen LogP) is 3.27. The lowest BCUT2D eigenvalue weighted by molar-refractivity contribution is 0.463. The van der Waals surface area contributed by atoms with Crippen molar-refractivity contribution in [1.29, 1.82) is 0 Å². The molecule has 0 aliphatic heterocycles. The SMILES string of the molecule is Oc1cccc(S(O)(O)c2cccc(O)c2)c1. The summed E-state index contributed by atoms with van der Waals surface area (Å²) in [6.45, 7) is 0. The van der Waals surface area contributed by atoms with Crippen LogP contribution in [-0.2, 0) is 0 Å². The van der Waals surface area contributed by atoms with Crippen LogP contribution < -0.4 is 0 Å². The highest BCUT2D eigenvalue weighted by Crippen LogP contribution is 2.56. The van der Waals surface area contributed by atoms with E-state index in [-0.39, 0.29) is 21.3 Å². The van der Waals surface area contributed by atoms with Crippen LogP contribution in [0.25, 0.3) is 0 Å². The molecule has 0 spiro atoms. The summed E-state index contributed by atoms with van der Waals surface area (Å²) in [5, 5.41) is 18.6. The molecular formula is C12H12O4S. The maximum absolute atomic E-state index is 10.1. The van der Waals surface area contributed by atoms with Gasteiger partial charge in [0.15, 0.2) is 0 Å². The average molecular weight is 252 g/mol. The second-order valence-electron chi connectivity index (χ2n) is 3.54. The zero-order chi connectivity index (χ0) is 12.5. The van der Waals surface area contributed by atoms with Gasteiger partial charge in [0.25, 0.3) is 0 Å². The highest BCUT2D eigenvalue weighted by molar-refractivity contribution is 8.24. The van der Waals surface area contributed by atoms with Gasteiger partial charge in [-0.05, 0) is 24.3 Å². The molecule has 0 unspecified atom stereocenters. The lowest BCUT2D eigenvalue weighted by Crippen LogP contribution is -1.98. The normalized spacial score (nSPS) is 12.4. The molecule has 0 aromatic heterocycles. The largest absolute Gasteiger partial charge is 0.508 e. The zero-order valence-electron chi connectivity index (χ0n) is 8.82. The van der Waals surface area contributed by atoms with Crippen molar-refractivity contribution in [2.24, 2.45) is 0 Å². The molecule has 0 atom stereocenters. The number of rotatable bonds is 2. The van der Waals surface area contributed by atoms with Gasteiger partial charge in [0.1, 0.15) is 11.5 Å². The van der Waals surface area contributed by atoms with E-state index in [1.165, 1.54) is 48.5 Å². The molecule has 0 saturated carbocycles. The Hall–Kier alpha value is -1.69. The van der Waals surface area contributed by atoms with Gasteiger partial charge < -0.3 is 10.2 Å². The minimum Gasteiger partial charge on any atom is -0.508 e. The van der Waals surface area contributed by atoms with Crippen molar-refractivity contribution < 1.29 is 19.3 Å². The third-order valence-electron chi connectivity index (χ3n) is 2.29. The van der Waals surface area contributed by atoms with E-state index in [2.05, 4.69) is 0 Å². The van der Waals surface area contributed by atoms with Gasteiger partial charge >= 0.3 is 0 Å². The molecule has 2 rings (SSSR count). The molecule has 0 aliphatic carbocycles.